The first-order valence-corrected chi connectivity index (χ1v) is 7.83. The van der Waals surface area contributed by atoms with Crippen LogP contribution in [0.3, 0.4) is 0 Å². The lowest BCUT2D eigenvalue weighted by Gasteiger charge is -2.07. The fourth-order valence-electron chi connectivity index (χ4n) is 2.26. The van der Waals surface area contributed by atoms with E-state index in [1.807, 2.05) is 12.1 Å². The number of anilines is 1. The van der Waals surface area contributed by atoms with E-state index >= 15 is 0 Å². The van der Waals surface area contributed by atoms with Gasteiger partial charge < -0.3 is 20.1 Å². The van der Waals surface area contributed by atoms with Crippen LogP contribution in [0.4, 0.5) is 10.1 Å². The summed E-state index contributed by atoms with van der Waals surface area (Å²) in [5.74, 6) is -0.901. The standard InChI is InChI=1S/C17H14ClFN2O4/c18-12-8-11(2-3-13(12)19)21-17(23)16(22)20-6-5-10-1-4-14-15(7-10)25-9-24-14/h1-4,7-8H,5-6,9H2,(H,20,22)(H,21,23). The largest absolute Gasteiger partial charge is 0.454 e. The lowest BCUT2D eigenvalue weighted by molar-refractivity contribution is -0.136. The molecule has 2 N–H and O–H groups in total. The number of rotatable bonds is 4. The van der Waals surface area contributed by atoms with Gasteiger partial charge in [-0.05, 0) is 42.3 Å². The molecule has 1 heterocycles. The Morgan fingerprint density at radius 3 is 2.68 bits per heavy atom. The third-order valence-corrected chi connectivity index (χ3v) is 3.81. The number of amides is 2. The number of carbonyl (C=O) groups is 2. The Morgan fingerprint density at radius 2 is 1.88 bits per heavy atom. The Morgan fingerprint density at radius 1 is 1.08 bits per heavy atom. The molecule has 0 bridgehead atoms. The van der Waals surface area contributed by atoms with E-state index in [1.54, 1.807) is 6.07 Å². The van der Waals surface area contributed by atoms with Crippen molar-refractivity contribution in [3.05, 3.63) is 52.8 Å². The van der Waals surface area contributed by atoms with Gasteiger partial charge in [0.05, 0.1) is 5.02 Å². The van der Waals surface area contributed by atoms with Crippen molar-refractivity contribution in [1.29, 1.82) is 0 Å². The molecule has 0 spiro atoms. The van der Waals surface area contributed by atoms with Crippen LogP contribution in [-0.4, -0.2) is 25.2 Å². The molecule has 25 heavy (non-hydrogen) atoms. The number of nitrogens with one attached hydrogen (secondary N) is 2. The Hall–Kier alpha value is -2.80. The van der Waals surface area contributed by atoms with Gasteiger partial charge in [-0.2, -0.15) is 0 Å². The molecule has 0 aromatic heterocycles. The number of halogens is 2. The number of carbonyl (C=O) groups excluding carboxylic acids is 2. The number of ether oxygens (including phenoxy) is 2. The molecule has 2 aromatic rings. The van der Waals surface area contributed by atoms with Crippen LogP contribution >= 0.6 is 11.6 Å². The van der Waals surface area contributed by atoms with E-state index in [1.165, 1.54) is 12.1 Å². The van der Waals surface area contributed by atoms with Crippen molar-refractivity contribution in [2.45, 2.75) is 6.42 Å². The van der Waals surface area contributed by atoms with Crippen LogP contribution in [0.2, 0.25) is 5.02 Å². The quantitative estimate of drug-likeness (QED) is 0.817. The summed E-state index contributed by atoms with van der Waals surface area (Å²) in [7, 11) is 0. The van der Waals surface area contributed by atoms with Crippen molar-refractivity contribution in [3.63, 3.8) is 0 Å². The minimum Gasteiger partial charge on any atom is -0.454 e. The molecule has 0 aliphatic carbocycles. The van der Waals surface area contributed by atoms with Crippen LogP contribution in [0.1, 0.15) is 5.56 Å². The van der Waals surface area contributed by atoms with Crippen molar-refractivity contribution in [2.24, 2.45) is 0 Å². The lowest BCUT2D eigenvalue weighted by atomic mass is 10.1. The number of fused-ring (bicyclic) bond motifs is 1. The van der Waals surface area contributed by atoms with Gasteiger partial charge >= 0.3 is 11.8 Å². The van der Waals surface area contributed by atoms with Crippen LogP contribution in [-0.2, 0) is 16.0 Å². The Kier molecular flexibility index (Phi) is 5.04. The summed E-state index contributed by atoms with van der Waals surface area (Å²) in [5, 5.41) is 4.73. The average molecular weight is 365 g/mol. The molecule has 1 aliphatic rings. The predicted octanol–water partition coefficient (Wildman–Crippen LogP) is 2.51. The van der Waals surface area contributed by atoms with E-state index in [-0.39, 0.29) is 24.0 Å². The Balaban J connectivity index is 1.48. The van der Waals surface area contributed by atoms with Gasteiger partial charge in [-0.1, -0.05) is 17.7 Å². The van der Waals surface area contributed by atoms with Crippen molar-refractivity contribution in [2.75, 3.05) is 18.7 Å². The molecule has 0 saturated carbocycles. The highest BCUT2D eigenvalue weighted by Crippen LogP contribution is 2.32. The molecule has 1 aliphatic heterocycles. The van der Waals surface area contributed by atoms with E-state index in [0.717, 1.165) is 11.6 Å². The van der Waals surface area contributed by atoms with Gasteiger partial charge in [0.25, 0.3) is 0 Å². The highest BCUT2D eigenvalue weighted by Gasteiger charge is 2.15. The van der Waals surface area contributed by atoms with Gasteiger partial charge in [-0.3, -0.25) is 9.59 Å². The summed E-state index contributed by atoms with van der Waals surface area (Å²) in [4.78, 5) is 23.6. The monoisotopic (exact) mass is 364 g/mol. The molecule has 2 amide bonds. The first-order valence-electron chi connectivity index (χ1n) is 7.45. The maximum Gasteiger partial charge on any atom is 0.313 e. The maximum absolute atomic E-state index is 13.1. The maximum atomic E-state index is 13.1. The first kappa shape index (κ1) is 17.0. The van der Waals surface area contributed by atoms with Crippen LogP contribution < -0.4 is 20.1 Å². The SMILES string of the molecule is O=C(NCCc1ccc2c(c1)OCO2)C(=O)Nc1ccc(F)c(Cl)c1. The number of benzene rings is 2. The van der Waals surface area contributed by atoms with Crippen LogP contribution in [0.5, 0.6) is 11.5 Å². The van der Waals surface area contributed by atoms with Crippen molar-refractivity contribution in [1.82, 2.24) is 5.32 Å². The van der Waals surface area contributed by atoms with Gasteiger partial charge in [-0.25, -0.2) is 4.39 Å². The zero-order chi connectivity index (χ0) is 17.8. The highest BCUT2D eigenvalue weighted by molar-refractivity contribution is 6.39. The van der Waals surface area contributed by atoms with Crippen LogP contribution in [0, 0.1) is 5.82 Å². The minimum atomic E-state index is -0.853. The molecule has 0 radical (unpaired) electrons. The highest BCUT2D eigenvalue weighted by atomic mass is 35.5. The zero-order valence-electron chi connectivity index (χ0n) is 13.0. The predicted molar refractivity (Wildman–Crippen MR) is 89.3 cm³/mol. The fourth-order valence-corrected chi connectivity index (χ4v) is 2.44. The number of hydrogen-bond donors (Lipinski definition) is 2. The molecular formula is C17H14ClFN2O4. The molecule has 6 nitrogen and oxygen atoms in total. The third kappa shape index (κ3) is 4.19. The summed E-state index contributed by atoms with van der Waals surface area (Å²) in [6.07, 6.45) is 0.526. The van der Waals surface area contributed by atoms with E-state index in [9.17, 15) is 14.0 Å². The average Bonchev–Trinajstić information content (AvgIpc) is 3.05. The van der Waals surface area contributed by atoms with Crippen LogP contribution in [0.15, 0.2) is 36.4 Å². The molecule has 130 valence electrons. The van der Waals surface area contributed by atoms with Crippen molar-refractivity contribution >= 4 is 29.1 Å². The van der Waals surface area contributed by atoms with Gasteiger partial charge in [0.1, 0.15) is 5.82 Å². The second-order valence-electron chi connectivity index (χ2n) is 5.28. The zero-order valence-corrected chi connectivity index (χ0v) is 13.7. The van der Waals surface area contributed by atoms with Crippen LogP contribution in [0.25, 0.3) is 0 Å². The summed E-state index contributed by atoms with van der Waals surface area (Å²) in [6, 6.07) is 9.14. The van der Waals surface area contributed by atoms with Crippen molar-refractivity contribution < 1.29 is 23.5 Å². The normalized spacial score (nSPS) is 11.9. The first-order chi connectivity index (χ1) is 12.0. The second-order valence-corrected chi connectivity index (χ2v) is 5.68. The summed E-state index contributed by atoms with van der Waals surface area (Å²) < 4.78 is 23.6. The summed E-state index contributed by atoms with van der Waals surface area (Å²) in [6.45, 7) is 0.471. The molecule has 0 unspecified atom stereocenters. The van der Waals surface area contributed by atoms with Gasteiger partial charge in [0.2, 0.25) is 6.79 Å². The topological polar surface area (TPSA) is 76.7 Å². The van der Waals surface area contributed by atoms with Crippen molar-refractivity contribution in [3.8, 4) is 11.5 Å². The van der Waals surface area contributed by atoms with Gasteiger partial charge in [0.15, 0.2) is 11.5 Å². The smallest absolute Gasteiger partial charge is 0.313 e. The lowest BCUT2D eigenvalue weighted by Crippen LogP contribution is -2.36. The number of hydrogen-bond acceptors (Lipinski definition) is 4. The Bertz CT molecular complexity index is 828. The minimum absolute atomic E-state index is 0.138. The van der Waals surface area contributed by atoms with E-state index in [2.05, 4.69) is 10.6 Å². The third-order valence-electron chi connectivity index (χ3n) is 3.52. The van der Waals surface area contributed by atoms with E-state index in [0.29, 0.717) is 17.9 Å². The summed E-state index contributed by atoms with van der Waals surface area (Å²) >= 11 is 5.62. The van der Waals surface area contributed by atoms with Gasteiger partial charge in [0, 0.05) is 12.2 Å². The molecular weight excluding hydrogens is 351 g/mol. The molecule has 0 atom stereocenters. The summed E-state index contributed by atoms with van der Waals surface area (Å²) in [5.41, 5.74) is 1.18. The van der Waals surface area contributed by atoms with E-state index < -0.39 is 17.6 Å². The molecule has 8 heteroatoms. The molecule has 0 saturated heterocycles. The second kappa shape index (κ2) is 7.40. The fraction of sp³-hybridized carbons (Fsp3) is 0.176. The van der Waals surface area contributed by atoms with Gasteiger partial charge in [-0.15, -0.1) is 0 Å². The Labute approximate surface area is 147 Å². The van der Waals surface area contributed by atoms with E-state index in [4.69, 9.17) is 21.1 Å². The molecule has 0 fully saturated rings. The molecule has 3 rings (SSSR count). The molecule has 2 aromatic carbocycles.